The van der Waals surface area contributed by atoms with E-state index in [1.54, 1.807) is 12.1 Å². The van der Waals surface area contributed by atoms with E-state index in [-0.39, 0.29) is 11.8 Å². The highest BCUT2D eigenvalue weighted by Crippen LogP contribution is 2.28. The molecule has 1 aromatic carbocycles. The largest absolute Gasteiger partial charge is 0.508 e. The zero-order valence-electron chi connectivity index (χ0n) is 10.7. The van der Waals surface area contributed by atoms with Gasteiger partial charge < -0.3 is 10.8 Å². The number of benzene rings is 1. The van der Waals surface area contributed by atoms with Gasteiger partial charge in [0.1, 0.15) is 5.75 Å². The number of likely N-dealkylation sites (tertiary alicyclic amines) is 1. The summed E-state index contributed by atoms with van der Waals surface area (Å²) < 4.78 is 0. The average molecular weight is 264 g/mol. The van der Waals surface area contributed by atoms with E-state index < -0.39 is 0 Å². The normalized spacial score (nSPS) is 22.6. The molecule has 2 unspecified atom stereocenters. The van der Waals surface area contributed by atoms with Crippen molar-refractivity contribution in [1.29, 1.82) is 0 Å². The van der Waals surface area contributed by atoms with Gasteiger partial charge in [-0.25, -0.2) is 0 Å². The zero-order valence-corrected chi connectivity index (χ0v) is 11.5. The maximum Gasteiger partial charge on any atom is 0.115 e. The van der Waals surface area contributed by atoms with E-state index in [9.17, 15) is 5.11 Å². The molecule has 0 saturated carbocycles. The Balaban J connectivity index is 2.22. The Hall–Kier alpha value is -1.13. The minimum absolute atomic E-state index is 0.0108. The molecule has 0 bridgehead atoms. The fourth-order valence-corrected chi connectivity index (χ4v) is 2.96. The highest BCUT2D eigenvalue weighted by molar-refractivity contribution is 7.80. The Morgan fingerprint density at radius 2 is 2.11 bits per heavy atom. The van der Waals surface area contributed by atoms with Crippen molar-refractivity contribution in [3.05, 3.63) is 29.8 Å². The van der Waals surface area contributed by atoms with Gasteiger partial charge in [-0.3, -0.25) is 4.90 Å². The van der Waals surface area contributed by atoms with Crippen molar-refractivity contribution in [3.8, 4) is 5.75 Å². The summed E-state index contributed by atoms with van der Waals surface area (Å²) in [4.78, 5) is 2.86. The molecule has 98 valence electrons. The van der Waals surface area contributed by atoms with Gasteiger partial charge >= 0.3 is 0 Å². The fraction of sp³-hybridized carbons (Fsp3) is 0.500. The highest BCUT2D eigenvalue weighted by atomic mass is 32.1. The lowest BCUT2D eigenvalue weighted by Crippen LogP contribution is -2.42. The SMILES string of the molecule is CC1CCCN(C(C(N)=S)c2ccc(O)cc2)C1. The smallest absolute Gasteiger partial charge is 0.115 e. The Bertz CT molecular complexity index is 418. The minimum atomic E-state index is -0.0108. The summed E-state index contributed by atoms with van der Waals surface area (Å²) in [6.45, 7) is 4.33. The van der Waals surface area contributed by atoms with Crippen LogP contribution in [-0.2, 0) is 0 Å². The Labute approximate surface area is 114 Å². The summed E-state index contributed by atoms with van der Waals surface area (Å²) >= 11 is 5.22. The lowest BCUT2D eigenvalue weighted by molar-refractivity contribution is 0.162. The molecule has 3 N–H and O–H groups in total. The second kappa shape index (κ2) is 5.67. The topological polar surface area (TPSA) is 49.5 Å². The Kier molecular flexibility index (Phi) is 4.19. The van der Waals surface area contributed by atoms with Crippen molar-refractivity contribution >= 4 is 17.2 Å². The third-order valence-electron chi connectivity index (χ3n) is 3.53. The van der Waals surface area contributed by atoms with Crippen LogP contribution in [-0.4, -0.2) is 28.1 Å². The number of rotatable bonds is 3. The number of aromatic hydroxyl groups is 1. The molecule has 2 atom stereocenters. The highest BCUT2D eigenvalue weighted by Gasteiger charge is 2.26. The number of piperidine rings is 1. The quantitative estimate of drug-likeness (QED) is 0.823. The summed E-state index contributed by atoms with van der Waals surface area (Å²) in [5.74, 6) is 0.958. The van der Waals surface area contributed by atoms with Crippen LogP contribution in [0.5, 0.6) is 5.75 Å². The zero-order chi connectivity index (χ0) is 13.1. The summed E-state index contributed by atoms with van der Waals surface area (Å²) in [5, 5.41) is 9.35. The molecule has 1 aliphatic heterocycles. The molecule has 4 heteroatoms. The summed E-state index contributed by atoms with van der Waals surface area (Å²) in [5.41, 5.74) is 6.97. The Morgan fingerprint density at radius 3 is 2.67 bits per heavy atom. The Morgan fingerprint density at radius 1 is 1.44 bits per heavy atom. The molecule has 1 aromatic rings. The molecule has 0 aromatic heterocycles. The fourth-order valence-electron chi connectivity index (χ4n) is 2.67. The van der Waals surface area contributed by atoms with Crippen molar-refractivity contribution in [1.82, 2.24) is 4.90 Å². The number of nitrogens with zero attached hydrogens (tertiary/aromatic N) is 1. The molecule has 1 heterocycles. The molecule has 18 heavy (non-hydrogen) atoms. The van der Waals surface area contributed by atoms with Gasteiger partial charge in [-0.1, -0.05) is 31.3 Å². The lowest BCUT2D eigenvalue weighted by atomic mass is 9.96. The van der Waals surface area contributed by atoms with Crippen molar-refractivity contribution in [2.75, 3.05) is 13.1 Å². The molecule has 2 rings (SSSR count). The van der Waals surface area contributed by atoms with Gasteiger partial charge in [-0.15, -0.1) is 0 Å². The number of hydrogen-bond donors (Lipinski definition) is 2. The van der Waals surface area contributed by atoms with Crippen LogP contribution in [0.2, 0.25) is 0 Å². The van der Waals surface area contributed by atoms with E-state index in [4.69, 9.17) is 18.0 Å². The molecule has 3 nitrogen and oxygen atoms in total. The summed E-state index contributed by atoms with van der Waals surface area (Å²) in [6.07, 6.45) is 2.47. The second-order valence-corrected chi connectivity index (χ2v) is 5.61. The van der Waals surface area contributed by atoms with E-state index in [0.29, 0.717) is 10.9 Å². The number of phenolic OH excluding ortho intramolecular Hbond substituents is 1. The predicted molar refractivity (Wildman–Crippen MR) is 77.6 cm³/mol. The first-order valence-corrected chi connectivity index (χ1v) is 6.81. The first kappa shape index (κ1) is 13.3. The van der Waals surface area contributed by atoms with Crippen molar-refractivity contribution in [3.63, 3.8) is 0 Å². The maximum atomic E-state index is 9.35. The van der Waals surface area contributed by atoms with Crippen LogP contribution in [0, 0.1) is 5.92 Å². The van der Waals surface area contributed by atoms with Crippen LogP contribution in [0.1, 0.15) is 31.4 Å². The molecule has 0 radical (unpaired) electrons. The van der Waals surface area contributed by atoms with Crippen LogP contribution in [0.15, 0.2) is 24.3 Å². The summed E-state index contributed by atoms with van der Waals surface area (Å²) in [6, 6.07) is 7.17. The van der Waals surface area contributed by atoms with Crippen LogP contribution in [0.25, 0.3) is 0 Å². The second-order valence-electron chi connectivity index (χ2n) is 5.14. The van der Waals surface area contributed by atoms with E-state index in [1.807, 2.05) is 12.1 Å². The van der Waals surface area contributed by atoms with Crippen LogP contribution >= 0.6 is 12.2 Å². The molecule has 1 fully saturated rings. The van der Waals surface area contributed by atoms with E-state index in [1.165, 1.54) is 12.8 Å². The van der Waals surface area contributed by atoms with E-state index >= 15 is 0 Å². The van der Waals surface area contributed by atoms with Gasteiger partial charge in [0.25, 0.3) is 0 Å². The first-order valence-electron chi connectivity index (χ1n) is 6.40. The molecule has 0 aliphatic carbocycles. The monoisotopic (exact) mass is 264 g/mol. The minimum Gasteiger partial charge on any atom is -0.508 e. The van der Waals surface area contributed by atoms with Crippen LogP contribution < -0.4 is 5.73 Å². The molecular weight excluding hydrogens is 244 g/mol. The summed E-state index contributed by atoms with van der Waals surface area (Å²) in [7, 11) is 0. The van der Waals surface area contributed by atoms with Crippen molar-refractivity contribution in [2.45, 2.75) is 25.8 Å². The number of phenols is 1. The van der Waals surface area contributed by atoms with E-state index in [0.717, 1.165) is 18.7 Å². The standard InChI is InChI=1S/C14H20N2OS/c1-10-3-2-8-16(9-10)13(14(15)18)11-4-6-12(17)7-5-11/h4-7,10,13,17H,2-3,8-9H2,1H3,(H2,15,18). The van der Waals surface area contributed by atoms with Crippen molar-refractivity contribution in [2.24, 2.45) is 11.7 Å². The third kappa shape index (κ3) is 3.00. The first-order chi connectivity index (χ1) is 8.58. The van der Waals surface area contributed by atoms with Crippen LogP contribution in [0.4, 0.5) is 0 Å². The van der Waals surface area contributed by atoms with Crippen molar-refractivity contribution < 1.29 is 5.11 Å². The van der Waals surface area contributed by atoms with Gasteiger partial charge in [0, 0.05) is 6.54 Å². The van der Waals surface area contributed by atoms with Gasteiger partial charge in [0.2, 0.25) is 0 Å². The molecular formula is C14H20N2OS. The van der Waals surface area contributed by atoms with Crippen LogP contribution in [0.3, 0.4) is 0 Å². The third-order valence-corrected chi connectivity index (χ3v) is 3.76. The number of thiocarbonyl (C=S) groups is 1. The van der Waals surface area contributed by atoms with Gasteiger partial charge in [-0.05, 0) is 43.0 Å². The predicted octanol–water partition coefficient (Wildman–Crippen LogP) is 2.45. The molecule has 1 aliphatic rings. The maximum absolute atomic E-state index is 9.35. The van der Waals surface area contributed by atoms with Gasteiger partial charge in [0.05, 0.1) is 11.0 Å². The molecule has 1 saturated heterocycles. The molecule has 0 amide bonds. The molecule has 0 spiro atoms. The lowest BCUT2D eigenvalue weighted by Gasteiger charge is -2.37. The van der Waals surface area contributed by atoms with E-state index in [2.05, 4.69) is 11.8 Å². The average Bonchev–Trinajstić information content (AvgIpc) is 2.32. The number of nitrogens with two attached hydrogens (primary N) is 1. The number of hydrogen-bond acceptors (Lipinski definition) is 3. The van der Waals surface area contributed by atoms with Gasteiger partial charge in [-0.2, -0.15) is 0 Å². The van der Waals surface area contributed by atoms with Gasteiger partial charge in [0.15, 0.2) is 0 Å².